The minimum absolute atomic E-state index is 0.0655. The molecule has 0 aliphatic rings. The van der Waals surface area contributed by atoms with Crippen molar-refractivity contribution in [3.8, 4) is 0 Å². The molecule has 0 aliphatic carbocycles. The van der Waals surface area contributed by atoms with Gasteiger partial charge in [0.05, 0.1) is 0 Å². The molecule has 1 atom stereocenters. The van der Waals surface area contributed by atoms with Gasteiger partial charge in [0.1, 0.15) is 11.6 Å². The highest BCUT2D eigenvalue weighted by molar-refractivity contribution is 9.10. The second-order valence-corrected chi connectivity index (χ2v) is 5.24. The molecule has 0 saturated carbocycles. The van der Waals surface area contributed by atoms with Gasteiger partial charge in [0, 0.05) is 17.1 Å². The van der Waals surface area contributed by atoms with Crippen molar-refractivity contribution in [1.29, 1.82) is 0 Å². The van der Waals surface area contributed by atoms with Gasteiger partial charge < -0.3 is 5.32 Å². The Balaban J connectivity index is 2.02. The first-order valence-electron chi connectivity index (χ1n) is 5.99. The van der Waals surface area contributed by atoms with E-state index in [4.69, 9.17) is 0 Å². The van der Waals surface area contributed by atoms with Gasteiger partial charge in [-0.1, -0.05) is 28.1 Å². The summed E-state index contributed by atoms with van der Waals surface area (Å²) in [6.45, 7) is 2.53. The molecule has 1 N–H and O–H groups in total. The van der Waals surface area contributed by atoms with Gasteiger partial charge in [-0.15, -0.1) is 0 Å². The Morgan fingerprint density at radius 1 is 1.05 bits per heavy atom. The zero-order valence-electron chi connectivity index (χ0n) is 10.5. The van der Waals surface area contributed by atoms with E-state index in [1.165, 1.54) is 24.3 Å². The monoisotopic (exact) mass is 325 g/mol. The van der Waals surface area contributed by atoms with E-state index in [-0.39, 0.29) is 17.7 Å². The van der Waals surface area contributed by atoms with Crippen molar-refractivity contribution in [1.82, 2.24) is 5.32 Å². The van der Waals surface area contributed by atoms with Gasteiger partial charge in [0.2, 0.25) is 0 Å². The van der Waals surface area contributed by atoms with Crippen LogP contribution in [-0.2, 0) is 6.54 Å². The van der Waals surface area contributed by atoms with Crippen LogP contribution in [0.2, 0.25) is 0 Å². The smallest absolute Gasteiger partial charge is 0.123 e. The van der Waals surface area contributed by atoms with Crippen molar-refractivity contribution in [2.45, 2.75) is 19.5 Å². The number of hydrogen-bond acceptors (Lipinski definition) is 1. The van der Waals surface area contributed by atoms with E-state index in [2.05, 4.69) is 21.2 Å². The molecule has 2 rings (SSSR count). The van der Waals surface area contributed by atoms with Gasteiger partial charge in [0.15, 0.2) is 0 Å². The van der Waals surface area contributed by atoms with Crippen LogP contribution in [0, 0.1) is 11.6 Å². The van der Waals surface area contributed by atoms with Gasteiger partial charge in [-0.2, -0.15) is 0 Å². The fourth-order valence-electron chi connectivity index (χ4n) is 1.81. The van der Waals surface area contributed by atoms with Crippen LogP contribution in [0.25, 0.3) is 0 Å². The average molecular weight is 326 g/mol. The highest BCUT2D eigenvalue weighted by Crippen LogP contribution is 2.19. The Bertz CT molecular complexity index is 555. The lowest BCUT2D eigenvalue weighted by Gasteiger charge is -2.15. The maximum Gasteiger partial charge on any atom is 0.123 e. The highest BCUT2D eigenvalue weighted by Gasteiger charge is 2.07. The molecule has 0 radical (unpaired) electrons. The molecule has 0 heterocycles. The van der Waals surface area contributed by atoms with Gasteiger partial charge in [-0.25, -0.2) is 8.78 Å². The minimum atomic E-state index is -0.255. The number of hydrogen-bond donors (Lipinski definition) is 1. The third-order valence-electron chi connectivity index (χ3n) is 2.98. The summed E-state index contributed by atoms with van der Waals surface area (Å²) in [6.07, 6.45) is 0. The molecule has 0 aliphatic heterocycles. The second-order valence-electron chi connectivity index (χ2n) is 4.39. The van der Waals surface area contributed by atoms with Crippen molar-refractivity contribution >= 4 is 15.9 Å². The maximum absolute atomic E-state index is 13.1. The molecule has 100 valence electrons. The van der Waals surface area contributed by atoms with E-state index in [9.17, 15) is 8.78 Å². The summed E-state index contributed by atoms with van der Waals surface area (Å²) in [5.41, 5.74) is 1.85. The quantitative estimate of drug-likeness (QED) is 0.867. The molecular weight excluding hydrogens is 312 g/mol. The summed E-state index contributed by atoms with van der Waals surface area (Å²) in [5, 5.41) is 3.28. The standard InChI is InChI=1S/C15H14BrF2N/c1-10(11-2-4-13(17)5-3-11)19-9-12-8-14(18)6-7-15(12)16/h2-8,10,19H,9H2,1H3/t10-/m1/s1. The second kappa shape index (κ2) is 6.26. The van der Waals surface area contributed by atoms with Crippen LogP contribution in [0.15, 0.2) is 46.9 Å². The van der Waals surface area contributed by atoms with Crippen molar-refractivity contribution in [2.75, 3.05) is 0 Å². The van der Waals surface area contributed by atoms with Crippen molar-refractivity contribution in [3.63, 3.8) is 0 Å². The Kier molecular flexibility index (Phi) is 4.66. The molecule has 19 heavy (non-hydrogen) atoms. The Hall–Kier alpha value is -1.26. The summed E-state index contributed by atoms with van der Waals surface area (Å²) in [5.74, 6) is -0.502. The molecule has 0 spiro atoms. The number of rotatable bonds is 4. The molecule has 0 saturated heterocycles. The normalized spacial score (nSPS) is 12.4. The largest absolute Gasteiger partial charge is 0.306 e. The Morgan fingerprint density at radius 2 is 1.68 bits per heavy atom. The predicted molar refractivity (Wildman–Crippen MR) is 75.8 cm³/mol. The van der Waals surface area contributed by atoms with Crippen molar-refractivity contribution in [2.24, 2.45) is 0 Å². The van der Waals surface area contributed by atoms with Gasteiger partial charge in [0.25, 0.3) is 0 Å². The molecule has 0 amide bonds. The summed E-state index contributed by atoms with van der Waals surface area (Å²) >= 11 is 3.39. The van der Waals surface area contributed by atoms with E-state index in [1.807, 2.05) is 6.92 Å². The molecule has 0 bridgehead atoms. The Morgan fingerprint density at radius 3 is 2.37 bits per heavy atom. The van der Waals surface area contributed by atoms with Crippen molar-refractivity contribution in [3.05, 3.63) is 69.7 Å². The van der Waals surface area contributed by atoms with E-state index in [0.717, 1.165) is 15.6 Å². The maximum atomic E-state index is 13.1. The van der Waals surface area contributed by atoms with Crippen molar-refractivity contribution < 1.29 is 8.78 Å². The number of nitrogens with one attached hydrogen (secondary N) is 1. The summed E-state index contributed by atoms with van der Waals surface area (Å²) in [7, 11) is 0. The number of halogens is 3. The molecular formula is C15H14BrF2N. The lowest BCUT2D eigenvalue weighted by Crippen LogP contribution is -2.18. The SMILES string of the molecule is C[C@@H](NCc1cc(F)ccc1Br)c1ccc(F)cc1. The molecule has 2 aromatic rings. The van der Waals surface area contributed by atoms with E-state index >= 15 is 0 Å². The first-order valence-corrected chi connectivity index (χ1v) is 6.78. The minimum Gasteiger partial charge on any atom is -0.306 e. The summed E-state index contributed by atoms with van der Waals surface area (Å²) in [4.78, 5) is 0. The predicted octanol–water partition coefficient (Wildman–Crippen LogP) is 4.58. The third kappa shape index (κ3) is 3.85. The van der Waals surface area contributed by atoms with Crippen LogP contribution in [0.4, 0.5) is 8.78 Å². The van der Waals surface area contributed by atoms with Crippen LogP contribution in [-0.4, -0.2) is 0 Å². The van der Waals surface area contributed by atoms with Crippen LogP contribution in [0.3, 0.4) is 0 Å². The van der Waals surface area contributed by atoms with Gasteiger partial charge in [-0.3, -0.25) is 0 Å². The lowest BCUT2D eigenvalue weighted by atomic mass is 10.1. The van der Waals surface area contributed by atoms with Crippen LogP contribution in [0.1, 0.15) is 24.1 Å². The average Bonchev–Trinajstić information content (AvgIpc) is 2.40. The molecule has 1 nitrogen and oxygen atoms in total. The van der Waals surface area contributed by atoms with E-state index in [0.29, 0.717) is 6.54 Å². The molecule has 4 heteroatoms. The van der Waals surface area contributed by atoms with Crippen LogP contribution in [0.5, 0.6) is 0 Å². The first-order chi connectivity index (χ1) is 9.06. The summed E-state index contributed by atoms with van der Waals surface area (Å²) in [6, 6.07) is 11.0. The fraction of sp³-hybridized carbons (Fsp3) is 0.200. The zero-order valence-corrected chi connectivity index (χ0v) is 12.0. The summed E-state index contributed by atoms with van der Waals surface area (Å²) < 4.78 is 26.8. The lowest BCUT2D eigenvalue weighted by molar-refractivity contribution is 0.565. The van der Waals surface area contributed by atoms with Gasteiger partial charge >= 0.3 is 0 Å². The van der Waals surface area contributed by atoms with E-state index in [1.54, 1.807) is 18.2 Å². The van der Waals surface area contributed by atoms with E-state index < -0.39 is 0 Å². The molecule has 2 aromatic carbocycles. The molecule has 0 fully saturated rings. The van der Waals surface area contributed by atoms with Gasteiger partial charge in [-0.05, 0) is 48.4 Å². The van der Waals surface area contributed by atoms with Crippen LogP contribution < -0.4 is 5.32 Å². The highest BCUT2D eigenvalue weighted by atomic mass is 79.9. The third-order valence-corrected chi connectivity index (χ3v) is 3.75. The topological polar surface area (TPSA) is 12.0 Å². The Labute approximate surface area is 119 Å². The molecule has 0 unspecified atom stereocenters. The zero-order chi connectivity index (χ0) is 13.8. The number of benzene rings is 2. The van der Waals surface area contributed by atoms with Crippen LogP contribution >= 0.6 is 15.9 Å². The fourth-order valence-corrected chi connectivity index (χ4v) is 2.20. The molecule has 0 aromatic heterocycles. The first kappa shape index (κ1) is 14.2.